The molecule has 1 aliphatic rings. The van der Waals surface area contributed by atoms with Crippen molar-refractivity contribution in [1.82, 2.24) is 4.90 Å². The molecule has 0 aliphatic carbocycles. The first kappa shape index (κ1) is 10.0. The van der Waals surface area contributed by atoms with Crippen molar-refractivity contribution in [3.8, 4) is 0 Å². The Bertz CT molecular complexity index is 227. The van der Waals surface area contributed by atoms with Crippen molar-refractivity contribution in [2.45, 2.75) is 32.7 Å². The predicted molar refractivity (Wildman–Crippen MR) is 47.2 cm³/mol. The molecule has 1 N–H and O–H groups in total. The highest BCUT2D eigenvalue weighted by atomic mass is 16.4. The molecular formula is C9H15NO3. The molecule has 0 radical (unpaired) electrons. The van der Waals surface area contributed by atoms with Crippen LogP contribution in [0, 0.1) is 5.92 Å². The van der Waals surface area contributed by atoms with Gasteiger partial charge in [0.1, 0.15) is 0 Å². The summed E-state index contributed by atoms with van der Waals surface area (Å²) in [6.07, 6.45) is 1.47. The van der Waals surface area contributed by atoms with Crippen molar-refractivity contribution in [1.29, 1.82) is 0 Å². The molecule has 0 aromatic heterocycles. The van der Waals surface area contributed by atoms with Gasteiger partial charge in [-0.05, 0) is 19.8 Å². The van der Waals surface area contributed by atoms with Crippen LogP contribution in [0.2, 0.25) is 0 Å². The van der Waals surface area contributed by atoms with E-state index in [2.05, 4.69) is 0 Å². The highest BCUT2D eigenvalue weighted by Gasteiger charge is 2.30. The first-order valence-electron chi connectivity index (χ1n) is 4.52. The quantitative estimate of drug-likeness (QED) is 0.654. The molecule has 1 heterocycles. The number of rotatable bonds is 1. The number of amides is 1. The van der Waals surface area contributed by atoms with Crippen LogP contribution < -0.4 is 0 Å². The Morgan fingerprint density at radius 2 is 2.00 bits per heavy atom. The Balaban J connectivity index is 2.63. The number of carboxylic acid groups (broad SMARTS) is 1. The van der Waals surface area contributed by atoms with E-state index >= 15 is 0 Å². The molecule has 2 atom stereocenters. The summed E-state index contributed by atoms with van der Waals surface area (Å²) in [5, 5.41) is 8.79. The first-order valence-corrected chi connectivity index (χ1v) is 4.52. The lowest BCUT2D eigenvalue weighted by Crippen LogP contribution is -2.46. The van der Waals surface area contributed by atoms with Crippen molar-refractivity contribution in [2.24, 2.45) is 5.92 Å². The van der Waals surface area contributed by atoms with Gasteiger partial charge in [-0.2, -0.15) is 0 Å². The number of carboxylic acids is 1. The third-order valence-corrected chi connectivity index (χ3v) is 2.64. The molecule has 1 rings (SSSR count). The van der Waals surface area contributed by atoms with E-state index < -0.39 is 5.97 Å². The second-order valence-corrected chi connectivity index (χ2v) is 3.63. The van der Waals surface area contributed by atoms with E-state index in [1.54, 1.807) is 4.90 Å². The lowest BCUT2D eigenvalue weighted by atomic mass is 9.93. The Morgan fingerprint density at radius 3 is 2.46 bits per heavy atom. The first-order chi connectivity index (χ1) is 6.02. The number of hydrogen-bond donors (Lipinski definition) is 1. The van der Waals surface area contributed by atoms with Crippen molar-refractivity contribution in [3.63, 3.8) is 0 Å². The fourth-order valence-corrected chi connectivity index (χ4v) is 1.75. The summed E-state index contributed by atoms with van der Waals surface area (Å²) in [7, 11) is 0. The minimum atomic E-state index is -0.793. The van der Waals surface area contributed by atoms with E-state index in [0.29, 0.717) is 13.0 Å². The molecule has 1 aliphatic heterocycles. The van der Waals surface area contributed by atoms with E-state index in [1.807, 2.05) is 6.92 Å². The van der Waals surface area contributed by atoms with Gasteiger partial charge in [0.05, 0.1) is 5.92 Å². The molecule has 4 nitrogen and oxygen atoms in total. The topological polar surface area (TPSA) is 57.6 Å². The maximum absolute atomic E-state index is 11.1. The number of piperidine rings is 1. The van der Waals surface area contributed by atoms with Crippen LogP contribution in [0.1, 0.15) is 26.7 Å². The second-order valence-electron chi connectivity index (χ2n) is 3.63. The predicted octanol–water partition coefficient (Wildman–Crippen LogP) is 0.718. The fourth-order valence-electron chi connectivity index (χ4n) is 1.75. The largest absolute Gasteiger partial charge is 0.481 e. The summed E-state index contributed by atoms with van der Waals surface area (Å²) in [4.78, 5) is 23.4. The maximum atomic E-state index is 11.1. The molecule has 0 saturated carbocycles. The summed E-state index contributed by atoms with van der Waals surface area (Å²) < 4.78 is 0. The van der Waals surface area contributed by atoms with Crippen molar-refractivity contribution in [2.75, 3.05) is 6.54 Å². The number of hydrogen-bond acceptors (Lipinski definition) is 2. The Labute approximate surface area is 77.5 Å². The van der Waals surface area contributed by atoms with Crippen LogP contribution in [0.15, 0.2) is 0 Å². The second kappa shape index (κ2) is 3.77. The molecule has 74 valence electrons. The van der Waals surface area contributed by atoms with E-state index in [4.69, 9.17) is 5.11 Å². The Kier molecular flexibility index (Phi) is 2.90. The van der Waals surface area contributed by atoms with Gasteiger partial charge in [-0.3, -0.25) is 9.59 Å². The van der Waals surface area contributed by atoms with E-state index in [0.717, 1.165) is 6.42 Å². The molecule has 0 bridgehead atoms. The number of likely N-dealkylation sites (tertiary alicyclic amines) is 1. The van der Waals surface area contributed by atoms with Crippen molar-refractivity contribution < 1.29 is 14.7 Å². The minimum Gasteiger partial charge on any atom is -0.481 e. The van der Waals surface area contributed by atoms with Crippen LogP contribution in [0.4, 0.5) is 0 Å². The molecule has 4 heteroatoms. The molecule has 1 saturated heterocycles. The van der Waals surface area contributed by atoms with Crippen LogP contribution in [-0.4, -0.2) is 34.5 Å². The van der Waals surface area contributed by atoms with Gasteiger partial charge < -0.3 is 10.0 Å². The highest BCUT2D eigenvalue weighted by molar-refractivity contribution is 5.76. The Morgan fingerprint density at radius 1 is 1.38 bits per heavy atom. The summed E-state index contributed by atoms with van der Waals surface area (Å²) in [6.45, 7) is 3.81. The van der Waals surface area contributed by atoms with Crippen LogP contribution >= 0.6 is 0 Å². The van der Waals surface area contributed by atoms with Gasteiger partial charge in [0.2, 0.25) is 5.91 Å². The molecule has 1 fully saturated rings. The average molecular weight is 185 g/mol. The van der Waals surface area contributed by atoms with Crippen LogP contribution in [0.5, 0.6) is 0 Å². The number of aliphatic carboxylic acids is 1. The van der Waals surface area contributed by atoms with Gasteiger partial charge in [-0.1, -0.05) is 0 Å². The normalized spacial score (nSPS) is 28.6. The van der Waals surface area contributed by atoms with Gasteiger partial charge in [0.15, 0.2) is 0 Å². The average Bonchev–Trinajstić information content (AvgIpc) is 2.04. The lowest BCUT2D eigenvalue weighted by molar-refractivity contribution is -0.146. The molecular weight excluding hydrogens is 170 g/mol. The molecule has 1 amide bonds. The fraction of sp³-hybridized carbons (Fsp3) is 0.778. The highest BCUT2D eigenvalue weighted by Crippen LogP contribution is 2.21. The zero-order chi connectivity index (χ0) is 10.0. The van der Waals surface area contributed by atoms with E-state index in [1.165, 1.54) is 6.92 Å². The van der Waals surface area contributed by atoms with Gasteiger partial charge >= 0.3 is 5.97 Å². The number of carbonyl (C=O) groups excluding carboxylic acids is 1. The van der Waals surface area contributed by atoms with Crippen molar-refractivity contribution in [3.05, 3.63) is 0 Å². The molecule has 2 unspecified atom stereocenters. The molecule has 0 spiro atoms. The molecule has 13 heavy (non-hydrogen) atoms. The van der Waals surface area contributed by atoms with Crippen molar-refractivity contribution >= 4 is 11.9 Å². The summed E-state index contributed by atoms with van der Waals surface area (Å²) in [5.41, 5.74) is 0. The standard InChI is InChI=1S/C9H15NO3/c1-6-3-4-8(9(12)13)5-10(6)7(2)11/h6,8H,3-5H2,1-2H3,(H,12,13). The smallest absolute Gasteiger partial charge is 0.308 e. The lowest BCUT2D eigenvalue weighted by Gasteiger charge is -2.35. The van der Waals surface area contributed by atoms with Gasteiger partial charge in [0, 0.05) is 19.5 Å². The Hall–Kier alpha value is -1.06. The number of carbonyl (C=O) groups is 2. The van der Waals surface area contributed by atoms with Crippen LogP contribution in [0.25, 0.3) is 0 Å². The van der Waals surface area contributed by atoms with Gasteiger partial charge in [0.25, 0.3) is 0 Å². The van der Waals surface area contributed by atoms with Gasteiger partial charge in [-0.15, -0.1) is 0 Å². The van der Waals surface area contributed by atoms with E-state index in [-0.39, 0.29) is 17.9 Å². The third-order valence-electron chi connectivity index (χ3n) is 2.64. The maximum Gasteiger partial charge on any atom is 0.308 e. The summed E-state index contributed by atoms with van der Waals surface area (Å²) >= 11 is 0. The molecule has 0 aromatic carbocycles. The SMILES string of the molecule is CC(=O)N1CC(C(=O)O)CCC1C. The summed E-state index contributed by atoms with van der Waals surface area (Å²) in [5.74, 6) is -1.20. The third kappa shape index (κ3) is 2.20. The number of nitrogens with zero attached hydrogens (tertiary/aromatic N) is 1. The zero-order valence-electron chi connectivity index (χ0n) is 7.99. The minimum absolute atomic E-state index is 0.0292. The zero-order valence-corrected chi connectivity index (χ0v) is 7.99. The van der Waals surface area contributed by atoms with E-state index in [9.17, 15) is 9.59 Å². The van der Waals surface area contributed by atoms with Crippen LogP contribution in [-0.2, 0) is 9.59 Å². The molecule has 0 aromatic rings. The van der Waals surface area contributed by atoms with Gasteiger partial charge in [-0.25, -0.2) is 0 Å². The monoisotopic (exact) mass is 185 g/mol. The van der Waals surface area contributed by atoms with Crippen LogP contribution in [0.3, 0.4) is 0 Å². The summed E-state index contributed by atoms with van der Waals surface area (Å²) in [6, 6.07) is 0.188.